The van der Waals surface area contributed by atoms with Gasteiger partial charge in [-0.25, -0.2) is 0 Å². The van der Waals surface area contributed by atoms with Gasteiger partial charge in [0.1, 0.15) is 0 Å². The highest BCUT2D eigenvalue weighted by Crippen LogP contribution is 2.38. The lowest BCUT2D eigenvalue weighted by Crippen LogP contribution is -2.31. The van der Waals surface area contributed by atoms with E-state index in [4.69, 9.17) is 9.51 Å². The van der Waals surface area contributed by atoms with E-state index in [9.17, 15) is 0 Å². The summed E-state index contributed by atoms with van der Waals surface area (Å²) >= 11 is 0. The van der Waals surface area contributed by atoms with Gasteiger partial charge >= 0.3 is 0 Å². The summed E-state index contributed by atoms with van der Waals surface area (Å²) < 4.78 is 5.63. The summed E-state index contributed by atoms with van der Waals surface area (Å²) in [6.07, 6.45) is 10.1. The van der Waals surface area contributed by atoms with Crippen molar-refractivity contribution in [3.05, 3.63) is 11.7 Å². The topological polar surface area (TPSA) is 51.0 Å². The second kappa shape index (κ2) is 6.91. The van der Waals surface area contributed by atoms with Crippen molar-refractivity contribution in [1.82, 2.24) is 15.5 Å². The molecule has 4 nitrogen and oxygen atoms in total. The normalized spacial score (nSPS) is 33.4. The Morgan fingerprint density at radius 1 is 1.10 bits per heavy atom. The summed E-state index contributed by atoms with van der Waals surface area (Å²) in [4.78, 5) is 4.78. The molecule has 4 heteroatoms. The highest BCUT2D eigenvalue weighted by molar-refractivity contribution is 5.05. The molecule has 0 aliphatic heterocycles. The molecule has 1 aromatic rings. The van der Waals surface area contributed by atoms with Crippen LogP contribution in [0.2, 0.25) is 0 Å². The molecule has 0 aromatic carbocycles. The van der Waals surface area contributed by atoms with Gasteiger partial charge in [0.2, 0.25) is 5.89 Å². The van der Waals surface area contributed by atoms with E-state index in [0.717, 1.165) is 24.2 Å². The predicted molar refractivity (Wildman–Crippen MR) is 83.3 cm³/mol. The summed E-state index contributed by atoms with van der Waals surface area (Å²) in [7, 11) is 0. The van der Waals surface area contributed by atoms with Crippen LogP contribution in [-0.2, 0) is 0 Å². The maximum Gasteiger partial charge on any atom is 0.231 e. The average Bonchev–Trinajstić information content (AvgIpc) is 3.16. The van der Waals surface area contributed by atoms with Gasteiger partial charge in [-0.1, -0.05) is 31.8 Å². The summed E-state index contributed by atoms with van der Waals surface area (Å²) in [6, 6.07) is 0.527. The van der Waals surface area contributed by atoms with E-state index in [0.29, 0.717) is 17.9 Å². The van der Waals surface area contributed by atoms with Crippen LogP contribution in [0.5, 0.6) is 0 Å². The first kappa shape index (κ1) is 15.0. The summed E-state index contributed by atoms with van der Waals surface area (Å²) in [5.74, 6) is 3.73. The van der Waals surface area contributed by atoms with Gasteiger partial charge in [0, 0.05) is 12.0 Å². The maximum absolute atomic E-state index is 5.63. The minimum atomic E-state index is 0.429. The van der Waals surface area contributed by atoms with Crippen LogP contribution < -0.4 is 5.32 Å². The molecule has 0 amide bonds. The molecule has 1 aromatic heterocycles. The lowest BCUT2D eigenvalue weighted by atomic mass is 9.80. The second-order valence-corrected chi connectivity index (χ2v) is 6.82. The van der Waals surface area contributed by atoms with Crippen LogP contribution in [0.1, 0.15) is 88.8 Å². The van der Waals surface area contributed by atoms with Gasteiger partial charge in [-0.05, 0) is 51.0 Å². The number of nitrogens with zero attached hydrogens (tertiary/aromatic N) is 2. The second-order valence-electron chi connectivity index (χ2n) is 6.82. The van der Waals surface area contributed by atoms with Crippen molar-refractivity contribution in [2.45, 2.75) is 83.1 Å². The van der Waals surface area contributed by atoms with Crippen LogP contribution >= 0.6 is 0 Å². The van der Waals surface area contributed by atoms with Crippen molar-refractivity contribution in [2.75, 3.05) is 6.54 Å². The summed E-state index contributed by atoms with van der Waals surface area (Å²) in [5, 5.41) is 7.88. The van der Waals surface area contributed by atoms with Gasteiger partial charge < -0.3 is 9.84 Å². The molecule has 2 atom stereocenters. The highest BCUT2D eigenvalue weighted by Gasteiger charge is 2.33. The number of aromatic nitrogens is 2. The first-order valence-corrected chi connectivity index (χ1v) is 8.88. The molecule has 0 radical (unpaired) electrons. The molecule has 0 saturated heterocycles. The van der Waals surface area contributed by atoms with Crippen molar-refractivity contribution >= 4 is 0 Å². The average molecular weight is 291 g/mol. The number of hydrogen-bond acceptors (Lipinski definition) is 4. The summed E-state index contributed by atoms with van der Waals surface area (Å²) in [6.45, 7) is 5.49. The molecular weight excluding hydrogens is 262 g/mol. The first-order valence-electron chi connectivity index (χ1n) is 8.88. The van der Waals surface area contributed by atoms with Crippen LogP contribution in [0.25, 0.3) is 0 Å². The SMILES string of the molecule is CCNC1CCCC1c1nc(C2CCC(CC)CC2)no1. The highest BCUT2D eigenvalue weighted by atomic mass is 16.5. The molecule has 21 heavy (non-hydrogen) atoms. The molecule has 118 valence electrons. The third kappa shape index (κ3) is 3.31. The smallest absolute Gasteiger partial charge is 0.231 e. The van der Waals surface area contributed by atoms with E-state index in [1.165, 1.54) is 51.4 Å². The molecular formula is C17H29N3O. The Kier molecular flexibility index (Phi) is 4.94. The Balaban J connectivity index is 1.63. The quantitative estimate of drug-likeness (QED) is 0.891. The molecule has 2 aliphatic rings. The minimum Gasteiger partial charge on any atom is -0.339 e. The van der Waals surface area contributed by atoms with Crippen molar-refractivity contribution < 1.29 is 4.52 Å². The minimum absolute atomic E-state index is 0.429. The molecule has 0 spiro atoms. The molecule has 0 bridgehead atoms. The van der Waals surface area contributed by atoms with Gasteiger partial charge in [-0.15, -0.1) is 0 Å². The monoisotopic (exact) mass is 291 g/mol. The molecule has 3 rings (SSSR count). The van der Waals surface area contributed by atoms with Crippen molar-refractivity contribution in [2.24, 2.45) is 5.92 Å². The molecule has 2 aliphatic carbocycles. The number of hydrogen-bond donors (Lipinski definition) is 1. The maximum atomic E-state index is 5.63. The first-order chi connectivity index (χ1) is 10.3. The Morgan fingerprint density at radius 2 is 1.90 bits per heavy atom. The van der Waals surface area contributed by atoms with Crippen molar-refractivity contribution in [3.63, 3.8) is 0 Å². The lowest BCUT2D eigenvalue weighted by molar-refractivity contribution is 0.298. The zero-order valence-electron chi connectivity index (χ0n) is 13.5. The van der Waals surface area contributed by atoms with Gasteiger partial charge in [0.25, 0.3) is 0 Å². The number of likely N-dealkylation sites (N-methyl/N-ethyl adjacent to an activating group) is 1. The van der Waals surface area contributed by atoms with E-state index in [-0.39, 0.29) is 0 Å². The Labute approximate surface area is 128 Å². The fraction of sp³-hybridized carbons (Fsp3) is 0.882. The van der Waals surface area contributed by atoms with Gasteiger partial charge in [-0.2, -0.15) is 4.98 Å². The summed E-state index contributed by atoms with van der Waals surface area (Å²) in [5.41, 5.74) is 0. The van der Waals surface area contributed by atoms with E-state index < -0.39 is 0 Å². The van der Waals surface area contributed by atoms with E-state index >= 15 is 0 Å². The van der Waals surface area contributed by atoms with Crippen molar-refractivity contribution in [1.29, 1.82) is 0 Å². The van der Waals surface area contributed by atoms with Gasteiger partial charge in [0.05, 0.1) is 5.92 Å². The van der Waals surface area contributed by atoms with Crippen LogP contribution in [-0.4, -0.2) is 22.7 Å². The van der Waals surface area contributed by atoms with Crippen LogP contribution in [0.15, 0.2) is 4.52 Å². The third-order valence-electron chi connectivity index (χ3n) is 5.55. The van der Waals surface area contributed by atoms with E-state index in [1.807, 2.05) is 0 Å². The molecule has 1 N–H and O–H groups in total. The third-order valence-corrected chi connectivity index (χ3v) is 5.55. The van der Waals surface area contributed by atoms with Gasteiger partial charge in [0.15, 0.2) is 5.82 Å². The largest absolute Gasteiger partial charge is 0.339 e. The Bertz CT molecular complexity index is 437. The fourth-order valence-electron chi connectivity index (χ4n) is 4.15. The number of nitrogens with one attached hydrogen (secondary N) is 1. The van der Waals surface area contributed by atoms with Crippen LogP contribution in [0.3, 0.4) is 0 Å². The zero-order valence-corrected chi connectivity index (χ0v) is 13.5. The van der Waals surface area contributed by atoms with Crippen LogP contribution in [0, 0.1) is 5.92 Å². The van der Waals surface area contributed by atoms with E-state index in [2.05, 4.69) is 24.3 Å². The van der Waals surface area contributed by atoms with Gasteiger partial charge in [-0.3, -0.25) is 0 Å². The van der Waals surface area contributed by atoms with E-state index in [1.54, 1.807) is 0 Å². The predicted octanol–water partition coefficient (Wildman–Crippen LogP) is 4.00. The van der Waals surface area contributed by atoms with Crippen LogP contribution in [0.4, 0.5) is 0 Å². The Morgan fingerprint density at radius 3 is 2.62 bits per heavy atom. The molecule has 1 heterocycles. The van der Waals surface area contributed by atoms with Crippen molar-refractivity contribution in [3.8, 4) is 0 Å². The standard InChI is InChI=1S/C17H29N3O/c1-3-12-8-10-13(11-9-12)16-19-17(21-20-16)14-6-5-7-15(14)18-4-2/h12-15,18H,3-11H2,1-2H3. The number of rotatable bonds is 5. The zero-order chi connectivity index (χ0) is 14.7. The lowest BCUT2D eigenvalue weighted by Gasteiger charge is -2.25. The fourth-order valence-corrected chi connectivity index (χ4v) is 4.15. The Hall–Kier alpha value is -0.900. The molecule has 2 fully saturated rings. The molecule has 2 saturated carbocycles. The molecule has 2 unspecified atom stereocenters.